The molecule has 3 aliphatic rings. The Morgan fingerprint density at radius 1 is 0.418 bits per heavy atom. The van der Waals surface area contributed by atoms with Crippen molar-refractivity contribution in [3.8, 4) is 0 Å². The van der Waals surface area contributed by atoms with Gasteiger partial charge in [0.1, 0.15) is 0 Å². The normalized spacial score (nSPS) is 18.1. The topological polar surface area (TPSA) is 0 Å². The molecule has 0 heterocycles. The van der Waals surface area contributed by atoms with Crippen molar-refractivity contribution in [3.05, 3.63) is 226 Å². The fourth-order valence-electron chi connectivity index (χ4n) is 3.40. The van der Waals surface area contributed by atoms with E-state index in [1.807, 2.05) is 95.4 Å². The van der Waals surface area contributed by atoms with Crippen LogP contribution in [0.25, 0.3) is 0 Å². The second kappa shape index (κ2) is 68.9. The third-order valence-corrected chi connectivity index (χ3v) is 7.70. The Balaban J connectivity index is -0.0000000635. The van der Waals surface area contributed by atoms with E-state index < -0.39 is 0 Å². The van der Waals surface area contributed by atoms with Crippen LogP contribution in [0, 0.1) is 35.5 Å². The Hall–Kier alpha value is -3.04. The van der Waals surface area contributed by atoms with Crippen LogP contribution in [0.4, 0.5) is 0 Å². The Morgan fingerprint density at radius 2 is 0.673 bits per heavy atom. The van der Waals surface area contributed by atoms with Crippen molar-refractivity contribution in [2.24, 2.45) is 35.5 Å². The average molecular weight is 775 g/mol. The zero-order valence-electron chi connectivity index (χ0n) is 38.1. The standard InChI is InChI=1S/3C8H12.C6H10.2C4H8.4C4H6.K.H/c2*1-3-7-5-6-8(7)4-2;1-2-8-6-4-3-5-7-8;1-4-6(3)5-2;6*1-3-4-2;;/h2*3-4,7-8H,1-2,5-6H2;2-4,8H,1,5-7H2;4-6H,1-2H2,3H3;2*3-4H,1-2H3;4*3-4H,1-2H2;;/q;;;;;;;;;;+1;-1/b;;;;4-3+;4-3-;;;;;;. The Morgan fingerprint density at radius 3 is 0.745 bits per heavy atom. The number of hydrogen-bond donors (Lipinski definition) is 0. The zero-order chi connectivity index (χ0) is 43.3. The molecule has 1 heteroatoms. The summed E-state index contributed by atoms with van der Waals surface area (Å²) in [6.45, 7) is 62.7. The van der Waals surface area contributed by atoms with E-state index in [1.165, 1.54) is 44.9 Å². The molecule has 0 aromatic rings. The van der Waals surface area contributed by atoms with Crippen LogP contribution in [-0.4, -0.2) is 0 Å². The minimum absolute atomic E-state index is 0. The van der Waals surface area contributed by atoms with E-state index in [1.54, 1.807) is 48.6 Å². The smallest absolute Gasteiger partial charge is 1.00 e. The van der Waals surface area contributed by atoms with Crippen molar-refractivity contribution < 1.29 is 52.8 Å². The first kappa shape index (κ1) is 69.8. The quantitative estimate of drug-likeness (QED) is 0.111. The van der Waals surface area contributed by atoms with E-state index in [0.717, 1.165) is 29.6 Å². The minimum Gasteiger partial charge on any atom is -1.00 e. The molecule has 0 nitrogen and oxygen atoms in total. The first-order chi connectivity index (χ1) is 26.0. The minimum atomic E-state index is 0. The largest absolute Gasteiger partial charge is 1.00 e. The van der Waals surface area contributed by atoms with E-state index in [2.05, 4.69) is 117 Å². The molecule has 55 heavy (non-hydrogen) atoms. The van der Waals surface area contributed by atoms with Gasteiger partial charge in [-0.3, -0.25) is 0 Å². The molecule has 0 aromatic carbocycles. The van der Waals surface area contributed by atoms with Crippen LogP contribution in [0.15, 0.2) is 226 Å². The van der Waals surface area contributed by atoms with Gasteiger partial charge in [-0.15, -0.1) is 46.1 Å². The average Bonchev–Trinajstić information content (AvgIpc) is 3.21. The molecule has 2 fully saturated rings. The predicted molar refractivity (Wildman–Crippen MR) is 263 cm³/mol. The summed E-state index contributed by atoms with van der Waals surface area (Å²) in [5.41, 5.74) is 0. The third-order valence-electron chi connectivity index (χ3n) is 7.70. The maximum Gasteiger partial charge on any atom is 1.00 e. The van der Waals surface area contributed by atoms with Gasteiger partial charge in [-0.05, 0) is 108 Å². The Kier molecular flexibility index (Phi) is 87.5. The van der Waals surface area contributed by atoms with Gasteiger partial charge in [0.2, 0.25) is 0 Å². The summed E-state index contributed by atoms with van der Waals surface area (Å²) in [4.78, 5) is 0. The van der Waals surface area contributed by atoms with Gasteiger partial charge < -0.3 is 1.43 Å². The molecule has 0 amide bonds. The Bertz CT molecular complexity index is 897. The fourth-order valence-corrected chi connectivity index (χ4v) is 3.40. The molecule has 0 radical (unpaired) electrons. The Labute approximate surface area is 390 Å². The summed E-state index contributed by atoms with van der Waals surface area (Å²) in [5.74, 6) is 4.20. The van der Waals surface area contributed by atoms with Gasteiger partial charge in [0.15, 0.2) is 0 Å². The maximum atomic E-state index is 3.75. The molecule has 0 N–H and O–H groups in total. The molecule has 2 saturated carbocycles. The molecular formula is C54H87K. The van der Waals surface area contributed by atoms with Gasteiger partial charge in [0.05, 0.1) is 0 Å². The van der Waals surface area contributed by atoms with Crippen LogP contribution in [0.5, 0.6) is 0 Å². The molecule has 3 rings (SSSR count). The molecule has 0 aromatic heterocycles. The van der Waals surface area contributed by atoms with E-state index in [9.17, 15) is 0 Å². The third kappa shape index (κ3) is 66.2. The molecule has 5 unspecified atom stereocenters. The zero-order valence-corrected chi connectivity index (χ0v) is 40.3. The first-order valence-corrected chi connectivity index (χ1v) is 19.1. The van der Waals surface area contributed by atoms with Crippen LogP contribution < -0.4 is 51.4 Å². The molecular weight excluding hydrogens is 688 g/mol. The van der Waals surface area contributed by atoms with Crippen molar-refractivity contribution in [2.75, 3.05) is 0 Å². The molecule has 5 atom stereocenters. The summed E-state index contributed by atoms with van der Waals surface area (Å²) in [5, 5.41) is 0. The molecule has 0 spiro atoms. The van der Waals surface area contributed by atoms with Gasteiger partial charge in [0.25, 0.3) is 0 Å². The van der Waals surface area contributed by atoms with Crippen molar-refractivity contribution in [2.45, 2.75) is 79.6 Å². The van der Waals surface area contributed by atoms with Crippen LogP contribution in [0.3, 0.4) is 0 Å². The van der Waals surface area contributed by atoms with Crippen LogP contribution in [0.1, 0.15) is 81.0 Å². The van der Waals surface area contributed by atoms with Crippen LogP contribution in [-0.2, 0) is 0 Å². The van der Waals surface area contributed by atoms with E-state index in [0.29, 0.717) is 5.92 Å². The summed E-state index contributed by atoms with van der Waals surface area (Å²) in [6.07, 6.45) is 48.6. The maximum absolute atomic E-state index is 3.75. The van der Waals surface area contributed by atoms with E-state index in [-0.39, 0.29) is 52.8 Å². The summed E-state index contributed by atoms with van der Waals surface area (Å²) < 4.78 is 0. The summed E-state index contributed by atoms with van der Waals surface area (Å²) in [7, 11) is 0. The monoisotopic (exact) mass is 775 g/mol. The predicted octanol–water partition coefficient (Wildman–Crippen LogP) is 15.0. The SMILES string of the molecule is C/C=C/C.C/C=C\C.C=CC(C)C=C.C=CC1CC=CCC1.C=CC1CCC1C=C.C=CC1CCC1C=C.C=CC=C.C=CC=C.C=CC=C.C=CC=C.[H-].[K+]. The van der Waals surface area contributed by atoms with Crippen LogP contribution >= 0.6 is 0 Å². The van der Waals surface area contributed by atoms with Gasteiger partial charge >= 0.3 is 51.4 Å². The number of rotatable bonds is 11. The first-order valence-electron chi connectivity index (χ1n) is 19.1. The fraction of sp³-hybridized carbons (Fsp3) is 0.333. The van der Waals surface area contributed by atoms with E-state index >= 15 is 0 Å². The van der Waals surface area contributed by atoms with Crippen molar-refractivity contribution in [1.29, 1.82) is 0 Å². The summed E-state index contributed by atoms with van der Waals surface area (Å²) in [6, 6.07) is 0. The van der Waals surface area contributed by atoms with Gasteiger partial charge in [-0.2, -0.15) is 0 Å². The molecule has 0 aliphatic heterocycles. The van der Waals surface area contributed by atoms with Crippen LogP contribution in [0.2, 0.25) is 0 Å². The molecule has 0 saturated heterocycles. The number of allylic oxidation sites excluding steroid dienone is 21. The second-order valence-electron chi connectivity index (χ2n) is 11.6. The molecule has 3 aliphatic carbocycles. The molecule has 304 valence electrons. The van der Waals surface area contributed by atoms with Gasteiger partial charge in [-0.25, -0.2) is 0 Å². The van der Waals surface area contributed by atoms with Gasteiger partial charge in [-0.1, -0.05) is 187 Å². The van der Waals surface area contributed by atoms with Crippen molar-refractivity contribution in [1.82, 2.24) is 0 Å². The van der Waals surface area contributed by atoms with Gasteiger partial charge in [0, 0.05) is 0 Å². The second-order valence-corrected chi connectivity index (χ2v) is 11.6. The summed E-state index contributed by atoms with van der Waals surface area (Å²) >= 11 is 0. The van der Waals surface area contributed by atoms with Crippen molar-refractivity contribution in [3.63, 3.8) is 0 Å². The number of hydrogen-bond acceptors (Lipinski definition) is 0. The molecule has 0 bridgehead atoms. The van der Waals surface area contributed by atoms with E-state index in [4.69, 9.17) is 0 Å². The van der Waals surface area contributed by atoms with Crippen molar-refractivity contribution >= 4 is 0 Å².